The van der Waals surface area contributed by atoms with Crippen molar-refractivity contribution in [3.05, 3.63) is 66.7 Å². The van der Waals surface area contributed by atoms with E-state index in [1.807, 2.05) is 6.07 Å². The molecule has 1 unspecified atom stereocenters. The molecule has 1 aliphatic heterocycles. The molecule has 1 fully saturated rings. The van der Waals surface area contributed by atoms with E-state index in [1.54, 1.807) is 49.8 Å². The van der Waals surface area contributed by atoms with Crippen molar-refractivity contribution < 1.29 is 17.5 Å². The zero-order chi connectivity index (χ0) is 24.0. The van der Waals surface area contributed by atoms with Crippen LogP contribution in [0, 0.1) is 11.7 Å². The van der Waals surface area contributed by atoms with Crippen LogP contribution in [0.5, 0.6) is 5.75 Å². The molecule has 1 aromatic heterocycles. The van der Waals surface area contributed by atoms with Crippen LogP contribution in [0.1, 0.15) is 25.7 Å². The number of nitrogens with zero attached hydrogens (tertiary/aromatic N) is 3. The number of unbranched alkanes of at least 4 members (excludes halogenated alkanes) is 1. The first-order chi connectivity index (χ1) is 16.4. The third-order valence-electron chi connectivity index (χ3n) is 6.40. The van der Waals surface area contributed by atoms with E-state index in [0.29, 0.717) is 35.1 Å². The molecule has 10 heteroatoms. The quantitative estimate of drug-likeness (QED) is 0.312. The number of sulfonamides is 1. The maximum absolute atomic E-state index is 13.3. The molecule has 0 saturated carbocycles. The summed E-state index contributed by atoms with van der Waals surface area (Å²) in [6, 6.07) is 13.2. The summed E-state index contributed by atoms with van der Waals surface area (Å²) in [5, 5.41) is 1.53. The normalized spacial score (nSPS) is 16.4. The zero-order valence-electron chi connectivity index (χ0n) is 20.4. The van der Waals surface area contributed by atoms with Crippen LogP contribution in [0.2, 0.25) is 0 Å². The van der Waals surface area contributed by atoms with E-state index in [4.69, 9.17) is 4.74 Å². The number of aromatic nitrogens is 1. The number of piperidine rings is 1. The van der Waals surface area contributed by atoms with Gasteiger partial charge < -0.3 is 9.64 Å². The first-order valence-electron chi connectivity index (χ1n) is 11.8. The summed E-state index contributed by atoms with van der Waals surface area (Å²) < 4.78 is 46.8. The van der Waals surface area contributed by atoms with Crippen molar-refractivity contribution in [2.75, 3.05) is 39.8 Å². The van der Waals surface area contributed by atoms with E-state index in [1.165, 1.54) is 16.4 Å². The van der Waals surface area contributed by atoms with Gasteiger partial charge in [0.25, 0.3) is 0 Å². The van der Waals surface area contributed by atoms with Gasteiger partial charge in [-0.05, 0) is 81.1 Å². The van der Waals surface area contributed by atoms with Crippen LogP contribution >= 0.6 is 24.8 Å². The van der Waals surface area contributed by atoms with Gasteiger partial charge in [-0.2, -0.15) is 0 Å². The standard InChI is InChI=1S/C26H32FN3O3S.2ClH/c1-29(34(31,32)26-8-4-7-22-18-28-14-13-25(22)26)19-21-6-5-16-30(20-21)15-2-3-17-33-24-11-9-23(27)10-12-24;;/h4,7-14,18,21H,2-3,5-6,15-17,19-20H2,1H3;2*1H. The minimum absolute atomic E-state index is 0. The fourth-order valence-electron chi connectivity index (χ4n) is 4.61. The Bertz CT molecular complexity index is 1190. The number of ether oxygens (including phenoxy) is 1. The zero-order valence-corrected chi connectivity index (χ0v) is 22.8. The summed E-state index contributed by atoms with van der Waals surface area (Å²) in [5.41, 5.74) is 0. The van der Waals surface area contributed by atoms with Crippen molar-refractivity contribution in [2.24, 2.45) is 5.92 Å². The number of rotatable bonds is 10. The monoisotopic (exact) mass is 557 g/mol. The summed E-state index contributed by atoms with van der Waals surface area (Å²) in [5.74, 6) is 0.728. The maximum Gasteiger partial charge on any atom is 0.243 e. The lowest BCUT2D eigenvalue weighted by Crippen LogP contribution is -2.42. The van der Waals surface area contributed by atoms with Gasteiger partial charge in [0, 0.05) is 43.3 Å². The molecule has 0 N–H and O–H groups in total. The average molecular weight is 559 g/mol. The highest BCUT2D eigenvalue weighted by molar-refractivity contribution is 7.89. The summed E-state index contributed by atoms with van der Waals surface area (Å²) in [6.07, 6.45) is 7.35. The Morgan fingerprint density at radius 3 is 2.67 bits per heavy atom. The second kappa shape index (κ2) is 14.1. The van der Waals surface area contributed by atoms with Crippen molar-refractivity contribution in [2.45, 2.75) is 30.6 Å². The van der Waals surface area contributed by atoms with Crippen molar-refractivity contribution in [1.82, 2.24) is 14.2 Å². The van der Waals surface area contributed by atoms with Crippen molar-refractivity contribution in [3.8, 4) is 5.75 Å². The lowest BCUT2D eigenvalue weighted by Gasteiger charge is -2.34. The number of fused-ring (bicyclic) bond motifs is 1. The smallest absolute Gasteiger partial charge is 0.243 e. The van der Waals surface area contributed by atoms with Gasteiger partial charge in [0.05, 0.1) is 11.5 Å². The van der Waals surface area contributed by atoms with Crippen molar-refractivity contribution in [1.29, 1.82) is 0 Å². The second-order valence-electron chi connectivity index (χ2n) is 8.96. The molecule has 1 atom stereocenters. The maximum atomic E-state index is 13.3. The van der Waals surface area contributed by atoms with Crippen LogP contribution in [0.15, 0.2) is 65.8 Å². The minimum atomic E-state index is -3.59. The van der Waals surface area contributed by atoms with E-state index in [0.717, 1.165) is 50.7 Å². The Morgan fingerprint density at radius 2 is 1.89 bits per heavy atom. The molecule has 0 radical (unpaired) electrons. The summed E-state index contributed by atoms with van der Waals surface area (Å²) in [4.78, 5) is 6.87. The lowest BCUT2D eigenvalue weighted by molar-refractivity contribution is 0.156. The molecular formula is C26H34Cl2FN3O3S. The van der Waals surface area contributed by atoms with Gasteiger partial charge in [-0.3, -0.25) is 4.98 Å². The Balaban J connectivity index is 0.00000228. The van der Waals surface area contributed by atoms with E-state index in [2.05, 4.69) is 9.88 Å². The fourth-order valence-corrected chi connectivity index (χ4v) is 6.07. The molecule has 1 saturated heterocycles. The molecular weight excluding hydrogens is 524 g/mol. The number of halogens is 3. The average Bonchev–Trinajstić information content (AvgIpc) is 2.85. The first-order valence-corrected chi connectivity index (χ1v) is 13.3. The Morgan fingerprint density at radius 1 is 1.11 bits per heavy atom. The predicted octanol–water partition coefficient (Wildman–Crippen LogP) is 5.41. The third-order valence-corrected chi connectivity index (χ3v) is 8.28. The van der Waals surface area contributed by atoms with Gasteiger partial charge >= 0.3 is 0 Å². The van der Waals surface area contributed by atoms with Crippen molar-refractivity contribution in [3.63, 3.8) is 0 Å². The molecule has 3 aromatic rings. The van der Waals surface area contributed by atoms with E-state index in [-0.39, 0.29) is 30.6 Å². The van der Waals surface area contributed by atoms with Gasteiger partial charge in [-0.15, -0.1) is 24.8 Å². The summed E-state index contributed by atoms with van der Waals surface area (Å²) in [6.45, 7) is 4.02. The first kappa shape index (κ1) is 30.3. The van der Waals surface area contributed by atoms with Crippen LogP contribution in [-0.4, -0.2) is 62.4 Å². The largest absolute Gasteiger partial charge is 0.494 e. The van der Waals surface area contributed by atoms with Crippen molar-refractivity contribution >= 4 is 45.6 Å². The molecule has 36 heavy (non-hydrogen) atoms. The molecule has 4 rings (SSSR count). The van der Waals surface area contributed by atoms with Gasteiger partial charge in [0.15, 0.2) is 0 Å². The predicted molar refractivity (Wildman–Crippen MR) is 146 cm³/mol. The SMILES string of the molecule is CN(CC1CCCN(CCCCOc2ccc(F)cc2)C1)S(=O)(=O)c1cccc2cnccc12.Cl.Cl. The Hall–Kier alpha value is -1.97. The van der Waals surface area contributed by atoms with Gasteiger partial charge in [-0.25, -0.2) is 17.1 Å². The van der Waals surface area contributed by atoms with E-state index >= 15 is 0 Å². The molecule has 1 aliphatic rings. The number of hydrogen-bond donors (Lipinski definition) is 0. The lowest BCUT2D eigenvalue weighted by atomic mass is 9.98. The highest BCUT2D eigenvalue weighted by Crippen LogP contribution is 2.26. The van der Waals surface area contributed by atoms with E-state index in [9.17, 15) is 12.8 Å². The molecule has 198 valence electrons. The molecule has 0 bridgehead atoms. The molecule has 0 spiro atoms. The summed E-state index contributed by atoms with van der Waals surface area (Å²) >= 11 is 0. The van der Waals surface area contributed by atoms with Crippen LogP contribution in [0.4, 0.5) is 4.39 Å². The molecule has 6 nitrogen and oxygen atoms in total. The Labute approximate surface area is 225 Å². The number of pyridine rings is 1. The Kier molecular flexibility index (Phi) is 11.8. The van der Waals surface area contributed by atoms with E-state index < -0.39 is 10.0 Å². The van der Waals surface area contributed by atoms with Crippen LogP contribution in [-0.2, 0) is 10.0 Å². The van der Waals surface area contributed by atoms with Crippen LogP contribution in [0.3, 0.4) is 0 Å². The fraction of sp³-hybridized carbons (Fsp3) is 0.423. The summed E-state index contributed by atoms with van der Waals surface area (Å²) in [7, 11) is -1.91. The van der Waals surface area contributed by atoms with Crippen LogP contribution in [0.25, 0.3) is 10.8 Å². The minimum Gasteiger partial charge on any atom is -0.494 e. The van der Waals surface area contributed by atoms with Gasteiger partial charge in [0.2, 0.25) is 10.0 Å². The highest BCUT2D eigenvalue weighted by Gasteiger charge is 2.28. The number of benzene rings is 2. The second-order valence-corrected chi connectivity index (χ2v) is 11.0. The molecule has 0 aliphatic carbocycles. The molecule has 2 aromatic carbocycles. The highest BCUT2D eigenvalue weighted by atomic mass is 35.5. The molecule has 2 heterocycles. The number of hydrogen-bond acceptors (Lipinski definition) is 5. The third kappa shape index (κ3) is 7.76. The molecule has 0 amide bonds. The van der Waals surface area contributed by atoms with Gasteiger partial charge in [-0.1, -0.05) is 12.1 Å². The van der Waals surface area contributed by atoms with Crippen LogP contribution < -0.4 is 4.74 Å². The number of likely N-dealkylation sites (tertiary alicyclic amines) is 1. The topological polar surface area (TPSA) is 62.7 Å². The van der Waals surface area contributed by atoms with Gasteiger partial charge in [0.1, 0.15) is 11.6 Å².